The van der Waals surface area contributed by atoms with Crippen molar-refractivity contribution in [2.24, 2.45) is 0 Å². The van der Waals surface area contributed by atoms with Gasteiger partial charge in [0.15, 0.2) is 5.82 Å². The van der Waals surface area contributed by atoms with Gasteiger partial charge in [-0.1, -0.05) is 0 Å². The van der Waals surface area contributed by atoms with Gasteiger partial charge in [-0.2, -0.15) is 4.98 Å². The molecule has 0 aliphatic carbocycles. The number of nitrogen functional groups attached to an aromatic ring is 1. The van der Waals surface area contributed by atoms with Crippen LogP contribution in [0.4, 0.5) is 11.5 Å². The van der Waals surface area contributed by atoms with E-state index < -0.39 is 10.8 Å². The van der Waals surface area contributed by atoms with Crippen molar-refractivity contribution in [3.63, 3.8) is 0 Å². The molecule has 0 amide bonds. The van der Waals surface area contributed by atoms with Crippen molar-refractivity contribution in [3.8, 4) is 5.88 Å². The van der Waals surface area contributed by atoms with Gasteiger partial charge >= 0.3 is 0 Å². The van der Waals surface area contributed by atoms with E-state index in [1.54, 1.807) is 6.26 Å². The van der Waals surface area contributed by atoms with E-state index in [1.807, 2.05) is 0 Å². The summed E-state index contributed by atoms with van der Waals surface area (Å²) >= 11 is 0. The maximum Gasteiger partial charge on any atom is 0.242 e. The number of methoxy groups -OCH3 is 1. The van der Waals surface area contributed by atoms with Crippen molar-refractivity contribution < 1.29 is 8.95 Å². The number of nitrogens with two attached hydrogens (primary N) is 1. The molecular formula is C9H16N4O2S. The first-order chi connectivity index (χ1) is 7.65. The van der Waals surface area contributed by atoms with Gasteiger partial charge in [-0.15, -0.1) is 0 Å². The molecule has 1 aromatic rings. The Labute approximate surface area is 97.1 Å². The van der Waals surface area contributed by atoms with Gasteiger partial charge in [-0.05, 0) is 6.42 Å². The maximum atomic E-state index is 10.8. The van der Waals surface area contributed by atoms with Gasteiger partial charge in [-0.25, -0.2) is 4.98 Å². The van der Waals surface area contributed by atoms with Crippen LogP contribution in [0.2, 0.25) is 0 Å². The van der Waals surface area contributed by atoms with E-state index >= 15 is 0 Å². The van der Waals surface area contributed by atoms with E-state index in [1.165, 1.54) is 13.4 Å². The number of rotatable bonds is 6. The molecule has 16 heavy (non-hydrogen) atoms. The first-order valence-corrected chi connectivity index (χ1v) is 6.56. The van der Waals surface area contributed by atoms with E-state index in [2.05, 4.69) is 15.3 Å². The number of hydrogen-bond acceptors (Lipinski definition) is 6. The molecule has 0 fully saturated rings. The Morgan fingerprint density at radius 3 is 2.94 bits per heavy atom. The van der Waals surface area contributed by atoms with Crippen LogP contribution >= 0.6 is 0 Å². The molecule has 0 aromatic carbocycles. The molecule has 90 valence electrons. The highest BCUT2D eigenvalue weighted by Crippen LogP contribution is 2.23. The van der Waals surface area contributed by atoms with Gasteiger partial charge in [0, 0.05) is 29.4 Å². The second-order valence-corrected chi connectivity index (χ2v) is 4.76. The van der Waals surface area contributed by atoms with Crippen molar-refractivity contribution in [2.45, 2.75) is 6.42 Å². The van der Waals surface area contributed by atoms with E-state index in [-0.39, 0.29) is 0 Å². The molecule has 1 rings (SSSR count). The highest BCUT2D eigenvalue weighted by molar-refractivity contribution is 7.84. The fourth-order valence-electron chi connectivity index (χ4n) is 1.17. The molecular weight excluding hydrogens is 228 g/mol. The Morgan fingerprint density at radius 1 is 1.56 bits per heavy atom. The lowest BCUT2D eigenvalue weighted by molar-refractivity contribution is 0.399. The first-order valence-electron chi connectivity index (χ1n) is 4.83. The average Bonchev–Trinajstić information content (AvgIpc) is 2.26. The average molecular weight is 244 g/mol. The summed E-state index contributed by atoms with van der Waals surface area (Å²) in [6.07, 6.45) is 3.87. The van der Waals surface area contributed by atoms with Crippen molar-refractivity contribution in [1.29, 1.82) is 0 Å². The van der Waals surface area contributed by atoms with Crippen LogP contribution in [0.1, 0.15) is 6.42 Å². The van der Waals surface area contributed by atoms with Crippen LogP contribution in [0.5, 0.6) is 5.88 Å². The summed E-state index contributed by atoms with van der Waals surface area (Å²) in [7, 11) is 0.739. The molecule has 1 atom stereocenters. The third-order valence-electron chi connectivity index (χ3n) is 1.94. The lowest BCUT2D eigenvalue weighted by Gasteiger charge is -2.09. The molecule has 0 aliphatic heterocycles. The van der Waals surface area contributed by atoms with Crippen LogP contribution in [0.15, 0.2) is 6.33 Å². The Morgan fingerprint density at radius 2 is 2.31 bits per heavy atom. The molecule has 6 nitrogen and oxygen atoms in total. The number of aromatic nitrogens is 2. The van der Waals surface area contributed by atoms with Crippen LogP contribution in [0.25, 0.3) is 0 Å². The quantitative estimate of drug-likeness (QED) is 0.697. The fraction of sp³-hybridized carbons (Fsp3) is 0.556. The zero-order valence-electron chi connectivity index (χ0n) is 9.40. The molecule has 0 saturated carbocycles. The number of nitrogens with zero attached hydrogens (tertiary/aromatic N) is 2. The molecule has 0 radical (unpaired) electrons. The zero-order valence-corrected chi connectivity index (χ0v) is 10.2. The summed E-state index contributed by atoms with van der Waals surface area (Å²) in [5, 5.41) is 3.05. The molecule has 0 bridgehead atoms. The normalized spacial score (nSPS) is 12.1. The molecule has 0 aliphatic rings. The second kappa shape index (κ2) is 6.26. The Bertz CT molecular complexity index is 373. The van der Waals surface area contributed by atoms with Gasteiger partial charge in [0.2, 0.25) is 5.88 Å². The number of anilines is 2. The van der Waals surface area contributed by atoms with Gasteiger partial charge < -0.3 is 15.8 Å². The van der Waals surface area contributed by atoms with E-state index in [4.69, 9.17) is 10.5 Å². The largest absolute Gasteiger partial charge is 0.479 e. The summed E-state index contributed by atoms with van der Waals surface area (Å²) in [5.41, 5.74) is 6.15. The van der Waals surface area contributed by atoms with E-state index in [0.29, 0.717) is 29.7 Å². The lowest BCUT2D eigenvalue weighted by Crippen LogP contribution is -2.10. The number of ether oxygens (including phenoxy) is 1. The Hall–Kier alpha value is -1.37. The van der Waals surface area contributed by atoms with Gasteiger partial charge in [0.25, 0.3) is 0 Å². The third-order valence-corrected chi connectivity index (χ3v) is 2.81. The van der Waals surface area contributed by atoms with E-state index in [9.17, 15) is 4.21 Å². The van der Waals surface area contributed by atoms with Crippen molar-refractivity contribution in [2.75, 3.05) is 36.7 Å². The van der Waals surface area contributed by atoms with Crippen molar-refractivity contribution >= 4 is 22.3 Å². The molecule has 7 heteroatoms. The molecule has 0 spiro atoms. The molecule has 1 unspecified atom stereocenters. The highest BCUT2D eigenvalue weighted by atomic mass is 32.2. The van der Waals surface area contributed by atoms with Gasteiger partial charge in [-0.3, -0.25) is 4.21 Å². The van der Waals surface area contributed by atoms with Crippen LogP contribution in [0.3, 0.4) is 0 Å². The number of nitrogens with one attached hydrogen (secondary N) is 1. The number of hydrogen-bond donors (Lipinski definition) is 2. The van der Waals surface area contributed by atoms with Gasteiger partial charge in [0.1, 0.15) is 12.0 Å². The minimum absolute atomic E-state index is 0.358. The molecule has 3 N–H and O–H groups in total. The highest BCUT2D eigenvalue weighted by Gasteiger charge is 2.07. The predicted octanol–water partition coefficient (Wildman–Crippen LogP) is 0.248. The summed E-state index contributed by atoms with van der Waals surface area (Å²) < 4.78 is 15.8. The predicted molar refractivity (Wildman–Crippen MR) is 65.0 cm³/mol. The standard InChI is InChI=1S/C9H16N4O2S/c1-15-9-7(10)8(12-6-13-9)11-4-3-5-16(2)14/h6H,3-5,10H2,1-2H3,(H,11,12,13). The smallest absolute Gasteiger partial charge is 0.242 e. The summed E-state index contributed by atoms with van der Waals surface area (Å²) in [5.74, 6) is 1.57. The second-order valence-electron chi connectivity index (χ2n) is 3.20. The summed E-state index contributed by atoms with van der Waals surface area (Å²) in [6, 6.07) is 0. The van der Waals surface area contributed by atoms with Crippen molar-refractivity contribution in [1.82, 2.24) is 9.97 Å². The zero-order chi connectivity index (χ0) is 12.0. The Kier molecular flexibility index (Phi) is 4.97. The molecule has 1 aromatic heterocycles. The summed E-state index contributed by atoms with van der Waals surface area (Å²) in [4.78, 5) is 7.87. The van der Waals surface area contributed by atoms with E-state index in [0.717, 1.165) is 6.42 Å². The minimum Gasteiger partial charge on any atom is -0.479 e. The van der Waals surface area contributed by atoms with Crippen LogP contribution in [-0.4, -0.2) is 39.8 Å². The minimum atomic E-state index is -0.763. The third kappa shape index (κ3) is 3.65. The first kappa shape index (κ1) is 12.7. The molecule has 1 heterocycles. The van der Waals surface area contributed by atoms with Crippen LogP contribution in [0, 0.1) is 0 Å². The SMILES string of the molecule is COc1ncnc(NCCCS(C)=O)c1N. The maximum absolute atomic E-state index is 10.8. The van der Waals surface area contributed by atoms with Crippen LogP contribution in [-0.2, 0) is 10.8 Å². The summed E-state index contributed by atoms with van der Waals surface area (Å²) in [6.45, 7) is 0.671. The Balaban J connectivity index is 2.50. The van der Waals surface area contributed by atoms with Gasteiger partial charge in [0.05, 0.1) is 7.11 Å². The molecule has 0 saturated heterocycles. The van der Waals surface area contributed by atoms with Crippen molar-refractivity contribution in [3.05, 3.63) is 6.33 Å². The lowest BCUT2D eigenvalue weighted by atomic mass is 10.4. The topological polar surface area (TPSA) is 90.1 Å². The fourth-order valence-corrected chi connectivity index (χ4v) is 1.72. The monoisotopic (exact) mass is 244 g/mol. The van der Waals surface area contributed by atoms with Crippen LogP contribution < -0.4 is 15.8 Å².